The monoisotopic (exact) mass is 564 g/mol. The van der Waals surface area contributed by atoms with Gasteiger partial charge in [-0.25, -0.2) is 0 Å². The lowest BCUT2D eigenvalue weighted by Crippen LogP contribution is -2.53. The molecule has 0 bridgehead atoms. The molecule has 222 valence electrons. The molecule has 3 amide bonds. The number of benzene rings is 2. The minimum absolute atomic E-state index is 0.0232. The Kier molecular flexibility index (Phi) is 11.2. The van der Waals surface area contributed by atoms with Crippen LogP contribution in [0.25, 0.3) is 0 Å². The summed E-state index contributed by atoms with van der Waals surface area (Å²) in [7, 11) is 0. The van der Waals surface area contributed by atoms with Crippen LogP contribution < -0.4 is 25.6 Å². The second-order valence-electron chi connectivity index (χ2n) is 11.1. The van der Waals surface area contributed by atoms with Gasteiger partial charge in [-0.3, -0.25) is 14.4 Å². The van der Waals surface area contributed by atoms with Crippen LogP contribution in [0.5, 0.6) is 5.75 Å². The number of rotatable bonds is 13. The Morgan fingerprint density at radius 1 is 1.07 bits per heavy atom. The Hall–Kier alpha value is -3.43. The van der Waals surface area contributed by atoms with Gasteiger partial charge in [0.2, 0.25) is 11.8 Å². The number of nitrogens with zero attached hydrogens (tertiary/aromatic N) is 1. The van der Waals surface area contributed by atoms with Gasteiger partial charge < -0.3 is 30.7 Å². The van der Waals surface area contributed by atoms with Crippen molar-refractivity contribution in [3.8, 4) is 5.75 Å². The zero-order valence-electron chi connectivity index (χ0n) is 24.2. The van der Waals surface area contributed by atoms with Gasteiger partial charge in [-0.2, -0.15) is 0 Å². The van der Waals surface area contributed by atoms with Crippen LogP contribution in [-0.4, -0.2) is 66.8 Å². The second kappa shape index (κ2) is 15.0. The third-order valence-corrected chi connectivity index (χ3v) is 7.91. The minimum Gasteiger partial charge on any atom is -0.494 e. The Labute approximate surface area is 243 Å². The number of hydrogen-bond acceptors (Lipinski definition) is 6. The lowest BCUT2D eigenvalue weighted by atomic mass is 9.95. The topological polar surface area (TPSA) is 120 Å². The molecule has 2 aromatic rings. The normalized spacial score (nSPS) is 18.0. The first-order chi connectivity index (χ1) is 19.8. The first-order valence-corrected chi connectivity index (χ1v) is 15.0. The van der Waals surface area contributed by atoms with Gasteiger partial charge in [0.05, 0.1) is 24.8 Å². The number of carbonyl (C=O) groups excluding carboxylic acids is 3. The predicted octanol–water partition coefficient (Wildman–Crippen LogP) is 3.34. The van der Waals surface area contributed by atoms with Crippen molar-refractivity contribution in [1.29, 1.82) is 0 Å². The van der Waals surface area contributed by atoms with Gasteiger partial charge in [0.15, 0.2) is 0 Å². The fourth-order valence-corrected chi connectivity index (χ4v) is 5.55. The Bertz CT molecular complexity index is 1170. The summed E-state index contributed by atoms with van der Waals surface area (Å²) in [5, 5.41) is 20.5. The molecule has 0 spiro atoms. The maximum Gasteiger partial charge on any atom is 0.251 e. The Balaban J connectivity index is 1.45. The molecule has 9 heteroatoms. The molecule has 4 N–H and O–H groups in total. The van der Waals surface area contributed by atoms with E-state index in [1.54, 1.807) is 30.0 Å². The van der Waals surface area contributed by atoms with Gasteiger partial charge in [-0.1, -0.05) is 49.6 Å². The van der Waals surface area contributed by atoms with E-state index >= 15 is 0 Å². The van der Waals surface area contributed by atoms with E-state index in [1.165, 1.54) is 6.42 Å². The van der Waals surface area contributed by atoms with E-state index in [0.29, 0.717) is 43.0 Å². The van der Waals surface area contributed by atoms with Crippen molar-refractivity contribution in [2.45, 2.75) is 89.4 Å². The zero-order valence-corrected chi connectivity index (χ0v) is 24.2. The summed E-state index contributed by atoms with van der Waals surface area (Å²) in [6, 6.07) is 13.9. The summed E-state index contributed by atoms with van der Waals surface area (Å²) < 4.78 is 5.71. The van der Waals surface area contributed by atoms with Crippen LogP contribution in [0, 0.1) is 0 Å². The number of amides is 3. The van der Waals surface area contributed by atoms with E-state index in [4.69, 9.17) is 4.74 Å². The Morgan fingerprint density at radius 2 is 1.83 bits per heavy atom. The molecule has 1 saturated heterocycles. The molecule has 4 rings (SSSR count). The summed E-state index contributed by atoms with van der Waals surface area (Å²) in [4.78, 5) is 40.4. The van der Waals surface area contributed by atoms with Crippen molar-refractivity contribution in [3.63, 3.8) is 0 Å². The highest BCUT2D eigenvalue weighted by Crippen LogP contribution is 2.28. The van der Waals surface area contributed by atoms with Gasteiger partial charge in [0, 0.05) is 42.9 Å². The number of hydrogen-bond donors (Lipinski definition) is 4. The van der Waals surface area contributed by atoms with Gasteiger partial charge in [-0.05, 0) is 57.2 Å². The molecule has 2 aromatic carbocycles. The molecule has 0 aromatic heterocycles. The highest BCUT2D eigenvalue weighted by molar-refractivity contribution is 5.99. The lowest BCUT2D eigenvalue weighted by molar-refractivity contribution is -0.123. The number of nitrogens with one attached hydrogen (secondary N) is 3. The number of aliphatic hydroxyl groups excluding tert-OH is 1. The average Bonchev–Trinajstić information content (AvgIpc) is 3.42. The van der Waals surface area contributed by atoms with E-state index in [-0.39, 0.29) is 30.3 Å². The number of anilines is 1. The minimum atomic E-state index is -0.959. The fourth-order valence-electron chi connectivity index (χ4n) is 5.55. The smallest absolute Gasteiger partial charge is 0.251 e. The molecule has 2 fully saturated rings. The highest BCUT2D eigenvalue weighted by Gasteiger charge is 2.27. The maximum atomic E-state index is 13.6. The van der Waals surface area contributed by atoms with E-state index in [2.05, 4.69) is 16.0 Å². The fraction of sp³-hybridized carbons (Fsp3) is 0.531. The highest BCUT2D eigenvalue weighted by atomic mass is 16.5. The molecule has 2 aliphatic rings. The summed E-state index contributed by atoms with van der Waals surface area (Å²) in [6.45, 7) is 4.80. The maximum absolute atomic E-state index is 13.6. The van der Waals surface area contributed by atoms with Gasteiger partial charge in [0.25, 0.3) is 5.91 Å². The van der Waals surface area contributed by atoms with Gasteiger partial charge in [0.1, 0.15) is 5.75 Å². The predicted molar refractivity (Wildman–Crippen MR) is 159 cm³/mol. The van der Waals surface area contributed by atoms with Crippen molar-refractivity contribution in [3.05, 3.63) is 59.7 Å². The molecule has 0 unspecified atom stereocenters. The first kappa shape index (κ1) is 30.5. The van der Waals surface area contributed by atoms with Crippen molar-refractivity contribution in [2.75, 3.05) is 24.6 Å². The molecule has 41 heavy (non-hydrogen) atoms. The average molecular weight is 565 g/mol. The molecular formula is C32H44N4O5. The number of carbonyl (C=O) groups is 3. The summed E-state index contributed by atoms with van der Waals surface area (Å²) in [6.07, 6.45) is 6.19. The molecular weight excluding hydrogens is 520 g/mol. The SMILES string of the molecule is CCOc1cc(C(=O)N[C@@H](Cc2ccccc2)[C@H](O)CN[C@@H](C)C(=O)NC2CCCCC2)cc(N2CCCC2=O)c1. The molecule has 9 nitrogen and oxygen atoms in total. The Morgan fingerprint density at radius 3 is 2.51 bits per heavy atom. The quantitative estimate of drug-likeness (QED) is 0.296. The third kappa shape index (κ3) is 8.78. The zero-order chi connectivity index (χ0) is 29.2. The molecule has 1 saturated carbocycles. The lowest BCUT2D eigenvalue weighted by Gasteiger charge is -2.28. The van der Waals surface area contributed by atoms with E-state index < -0.39 is 18.2 Å². The van der Waals surface area contributed by atoms with Crippen LogP contribution in [0.3, 0.4) is 0 Å². The van der Waals surface area contributed by atoms with Crippen LogP contribution in [0.2, 0.25) is 0 Å². The first-order valence-electron chi connectivity index (χ1n) is 15.0. The summed E-state index contributed by atoms with van der Waals surface area (Å²) >= 11 is 0. The molecule has 3 atom stereocenters. The van der Waals surface area contributed by atoms with Gasteiger partial charge in [-0.15, -0.1) is 0 Å². The standard InChI is InChI=1S/C32H44N4O5/c1-3-41-27-19-24(18-26(20-27)36-16-10-15-30(36)38)32(40)35-28(17-23-11-6-4-7-12-23)29(37)21-33-22(2)31(39)34-25-13-8-5-9-14-25/h4,6-7,11-12,18-20,22,25,28-29,33,37H,3,5,8-10,13-17,21H2,1-2H3,(H,34,39)(H,35,40)/t22-,28-,29+/m0/s1. The van der Waals surface area contributed by atoms with Crippen molar-refractivity contribution < 1.29 is 24.2 Å². The summed E-state index contributed by atoms with van der Waals surface area (Å²) in [5.41, 5.74) is 1.94. The van der Waals surface area contributed by atoms with Crippen LogP contribution in [0.4, 0.5) is 5.69 Å². The van der Waals surface area contributed by atoms with Crippen molar-refractivity contribution >= 4 is 23.4 Å². The summed E-state index contributed by atoms with van der Waals surface area (Å²) in [5.74, 6) is 0.0802. The second-order valence-corrected chi connectivity index (χ2v) is 11.1. The molecule has 1 aliphatic heterocycles. The molecule has 1 aliphatic carbocycles. The molecule has 1 heterocycles. The van der Waals surface area contributed by atoms with Crippen molar-refractivity contribution in [1.82, 2.24) is 16.0 Å². The number of aliphatic hydroxyl groups is 1. The van der Waals surface area contributed by atoms with E-state index in [9.17, 15) is 19.5 Å². The van der Waals surface area contributed by atoms with Gasteiger partial charge >= 0.3 is 0 Å². The van der Waals surface area contributed by atoms with E-state index in [1.807, 2.05) is 37.3 Å². The number of ether oxygens (including phenoxy) is 1. The van der Waals surface area contributed by atoms with Crippen LogP contribution >= 0.6 is 0 Å². The molecule has 0 radical (unpaired) electrons. The van der Waals surface area contributed by atoms with Crippen molar-refractivity contribution in [2.24, 2.45) is 0 Å². The van der Waals surface area contributed by atoms with Crippen LogP contribution in [0.15, 0.2) is 48.5 Å². The van der Waals surface area contributed by atoms with Crippen LogP contribution in [0.1, 0.15) is 74.7 Å². The van der Waals surface area contributed by atoms with E-state index in [0.717, 1.165) is 37.7 Å². The van der Waals surface area contributed by atoms with Crippen LogP contribution in [-0.2, 0) is 16.0 Å². The largest absolute Gasteiger partial charge is 0.494 e. The third-order valence-electron chi connectivity index (χ3n) is 7.91.